The van der Waals surface area contributed by atoms with E-state index < -0.39 is 21.6 Å². The van der Waals surface area contributed by atoms with Gasteiger partial charge in [-0.3, -0.25) is 0 Å². The summed E-state index contributed by atoms with van der Waals surface area (Å²) in [5.74, 6) is -0.927. The standard InChI is InChI=1S/C6H10O3.H4O7P2/c1-5(6(8)9)3-2-4-7;1-8(2,3)7-9(4,5)6/h3,7H,2,4H2,1H3,(H,8,9);(H2,1,2,3)(H2,4,5,6). The molecule has 18 heavy (non-hydrogen) atoms. The van der Waals surface area contributed by atoms with Crippen LogP contribution in [0.3, 0.4) is 0 Å². The van der Waals surface area contributed by atoms with Crippen LogP contribution in [-0.2, 0) is 18.2 Å². The zero-order valence-electron chi connectivity index (χ0n) is 9.20. The molecule has 0 atom stereocenters. The van der Waals surface area contributed by atoms with Gasteiger partial charge in [0.1, 0.15) is 0 Å². The number of carboxylic acid groups (broad SMARTS) is 1. The van der Waals surface area contributed by atoms with Crippen LogP contribution in [0.25, 0.3) is 0 Å². The minimum atomic E-state index is -5.05. The molecule has 108 valence electrons. The Balaban J connectivity index is 0. The fraction of sp³-hybridized carbons (Fsp3) is 0.500. The van der Waals surface area contributed by atoms with Gasteiger partial charge >= 0.3 is 21.6 Å². The lowest BCUT2D eigenvalue weighted by Crippen LogP contribution is -1.95. The Kier molecular flexibility index (Phi) is 9.35. The molecule has 0 amide bonds. The third-order valence-electron chi connectivity index (χ3n) is 1.13. The number of aliphatic hydroxyl groups is 1. The highest BCUT2D eigenvalue weighted by Crippen LogP contribution is 2.53. The summed E-state index contributed by atoms with van der Waals surface area (Å²) in [6.45, 7) is 1.50. The molecule has 6 N–H and O–H groups in total. The first-order chi connectivity index (χ1) is 7.89. The molecule has 0 aromatic carbocycles. The van der Waals surface area contributed by atoms with E-state index in [1.165, 1.54) is 13.0 Å². The Bertz CT molecular complexity index is 356. The normalized spacial score (nSPS) is 12.7. The van der Waals surface area contributed by atoms with Crippen molar-refractivity contribution in [3.8, 4) is 0 Å². The molecule has 0 heterocycles. The largest absolute Gasteiger partial charge is 0.478 e. The number of carbonyl (C=O) groups is 1. The van der Waals surface area contributed by atoms with Crippen LogP contribution >= 0.6 is 15.6 Å². The Morgan fingerprint density at radius 3 is 1.72 bits per heavy atom. The summed E-state index contributed by atoms with van der Waals surface area (Å²) in [6.07, 6.45) is 1.90. The zero-order chi connectivity index (χ0) is 15.0. The lowest BCUT2D eigenvalue weighted by atomic mass is 10.2. The Morgan fingerprint density at radius 2 is 1.56 bits per heavy atom. The van der Waals surface area contributed by atoms with E-state index in [1.54, 1.807) is 0 Å². The van der Waals surface area contributed by atoms with Crippen molar-refractivity contribution in [1.82, 2.24) is 0 Å². The highest BCUT2D eigenvalue weighted by atomic mass is 31.3. The topological polar surface area (TPSA) is 182 Å². The van der Waals surface area contributed by atoms with Crippen molar-refractivity contribution >= 4 is 21.6 Å². The molecular weight excluding hydrogens is 294 g/mol. The fourth-order valence-electron chi connectivity index (χ4n) is 0.507. The number of hydrogen-bond donors (Lipinski definition) is 6. The van der Waals surface area contributed by atoms with Gasteiger partial charge in [0.05, 0.1) is 0 Å². The summed E-state index contributed by atoms with van der Waals surface area (Å²) in [6, 6.07) is 0. The highest BCUT2D eigenvalue weighted by molar-refractivity contribution is 7.60. The third kappa shape index (κ3) is 17.8. The van der Waals surface area contributed by atoms with Gasteiger partial charge in [-0.25, -0.2) is 13.9 Å². The molecule has 0 saturated heterocycles. The van der Waals surface area contributed by atoms with Crippen LogP contribution in [0.2, 0.25) is 0 Å². The van der Waals surface area contributed by atoms with Gasteiger partial charge in [-0.05, 0) is 13.3 Å². The summed E-state index contributed by atoms with van der Waals surface area (Å²) in [4.78, 5) is 41.1. The Labute approximate surface area is 102 Å². The lowest BCUT2D eigenvalue weighted by molar-refractivity contribution is -0.132. The highest BCUT2D eigenvalue weighted by Gasteiger charge is 2.27. The molecule has 0 radical (unpaired) electrons. The molecule has 0 aromatic heterocycles. The maximum Gasteiger partial charge on any atom is 0.478 e. The van der Waals surface area contributed by atoms with Crippen LogP contribution in [0.1, 0.15) is 13.3 Å². The maximum atomic E-state index is 10.1. The average molecular weight is 308 g/mol. The van der Waals surface area contributed by atoms with Crippen molar-refractivity contribution < 1.29 is 48.0 Å². The van der Waals surface area contributed by atoms with Crippen LogP contribution < -0.4 is 0 Å². The zero-order valence-corrected chi connectivity index (χ0v) is 11.0. The smallest absolute Gasteiger partial charge is 0.478 e. The van der Waals surface area contributed by atoms with E-state index in [9.17, 15) is 13.9 Å². The van der Waals surface area contributed by atoms with E-state index in [2.05, 4.69) is 4.31 Å². The molecular formula is C6H14O10P2. The van der Waals surface area contributed by atoms with E-state index in [0.717, 1.165) is 0 Å². The van der Waals surface area contributed by atoms with Gasteiger partial charge in [-0.15, -0.1) is 0 Å². The van der Waals surface area contributed by atoms with Gasteiger partial charge < -0.3 is 29.8 Å². The molecule has 0 saturated carbocycles. The molecule has 0 aliphatic carbocycles. The summed E-state index contributed by atoms with van der Waals surface area (Å²) < 4.78 is 22.2. The molecule has 0 aliphatic rings. The second-order valence-electron chi connectivity index (χ2n) is 2.77. The fourth-order valence-corrected chi connectivity index (χ4v) is 1.62. The first kappa shape index (κ1) is 19.8. The van der Waals surface area contributed by atoms with Gasteiger partial charge in [-0.2, -0.15) is 4.31 Å². The van der Waals surface area contributed by atoms with E-state index in [0.29, 0.717) is 6.42 Å². The molecule has 0 rings (SSSR count). The van der Waals surface area contributed by atoms with Gasteiger partial charge in [0.25, 0.3) is 0 Å². The summed E-state index contributed by atoms with van der Waals surface area (Å²) in [5.41, 5.74) is 0.282. The monoisotopic (exact) mass is 308 g/mol. The van der Waals surface area contributed by atoms with Crippen LogP contribution in [0.5, 0.6) is 0 Å². The molecule has 0 spiro atoms. The van der Waals surface area contributed by atoms with Crippen LogP contribution in [0.15, 0.2) is 11.6 Å². The van der Waals surface area contributed by atoms with Crippen molar-refractivity contribution in [3.63, 3.8) is 0 Å². The van der Waals surface area contributed by atoms with Crippen molar-refractivity contribution in [2.75, 3.05) is 6.61 Å². The Hall–Kier alpha value is -0.570. The van der Waals surface area contributed by atoms with Gasteiger partial charge in [0, 0.05) is 12.2 Å². The molecule has 0 aliphatic heterocycles. The van der Waals surface area contributed by atoms with Crippen molar-refractivity contribution in [3.05, 3.63) is 11.6 Å². The number of hydrogen-bond acceptors (Lipinski definition) is 5. The number of aliphatic carboxylic acids is 1. The number of rotatable bonds is 5. The SMILES string of the molecule is CC(=CCCO)C(=O)O.O=P(O)(O)OP(=O)(O)O. The minimum absolute atomic E-state index is 0.00458. The van der Waals surface area contributed by atoms with E-state index in [4.69, 9.17) is 29.8 Å². The number of phosphoric acid groups is 2. The predicted molar refractivity (Wildman–Crippen MR) is 58.3 cm³/mol. The molecule has 10 nitrogen and oxygen atoms in total. The van der Waals surface area contributed by atoms with Crippen LogP contribution in [-0.4, -0.2) is 42.4 Å². The predicted octanol–water partition coefficient (Wildman–Crippen LogP) is -0.412. The van der Waals surface area contributed by atoms with E-state index in [-0.39, 0.29) is 12.2 Å². The second-order valence-corrected chi connectivity index (χ2v) is 5.38. The first-order valence-corrected chi connectivity index (χ1v) is 7.28. The number of aliphatic hydroxyl groups excluding tert-OH is 1. The first-order valence-electron chi connectivity index (χ1n) is 4.22. The molecule has 0 bridgehead atoms. The van der Waals surface area contributed by atoms with E-state index in [1.807, 2.05) is 0 Å². The Morgan fingerprint density at radius 1 is 1.17 bits per heavy atom. The van der Waals surface area contributed by atoms with Crippen molar-refractivity contribution in [1.29, 1.82) is 0 Å². The average Bonchev–Trinajstić information content (AvgIpc) is 2.08. The quantitative estimate of drug-likeness (QED) is 0.288. The lowest BCUT2D eigenvalue weighted by Gasteiger charge is -2.03. The molecule has 0 aromatic rings. The summed E-state index contributed by atoms with van der Waals surface area (Å²) >= 11 is 0. The molecule has 0 fully saturated rings. The maximum absolute atomic E-state index is 10.1. The summed E-state index contributed by atoms with van der Waals surface area (Å²) in [5, 5.41) is 16.5. The summed E-state index contributed by atoms with van der Waals surface area (Å²) in [7, 11) is -10.1. The number of carboxylic acids is 1. The van der Waals surface area contributed by atoms with Gasteiger partial charge in [0.15, 0.2) is 0 Å². The van der Waals surface area contributed by atoms with Crippen LogP contribution in [0.4, 0.5) is 0 Å². The molecule has 12 heteroatoms. The van der Waals surface area contributed by atoms with Crippen molar-refractivity contribution in [2.24, 2.45) is 0 Å². The van der Waals surface area contributed by atoms with E-state index >= 15 is 0 Å². The minimum Gasteiger partial charge on any atom is -0.478 e. The van der Waals surface area contributed by atoms with Gasteiger partial charge in [0.2, 0.25) is 0 Å². The molecule has 0 unspecified atom stereocenters. The second kappa shape index (κ2) is 8.52. The van der Waals surface area contributed by atoms with Crippen LogP contribution in [0, 0.1) is 0 Å². The van der Waals surface area contributed by atoms with Crippen molar-refractivity contribution in [2.45, 2.75) is 13.3 Å². The third-order valence-corrected chi connectivity index (χ3v) is 2.83. The van der Waals surface area contributed by atoms with Gasteiger partial charge in [-0.1, -0.05) is 6.08 Å².